The van der Waals surface area contributed by atoms with Crippen molar-refractivity contribution in [3.63, 3.8) is 0 Å². The van der Waals surface area contributed by atoms with Crippen LogP contribution < -0.4 is 10.1 Å². The first-order valence-corrected chi connectivity index (χ1v) is 10.2. The van der Waals surface area contributed by atoms with E-state index in [1.807, 2.05) is 7.05 Å². The summed E-state index contributed by atoms with van der Waals surface area (Å²) in [6.45, 7) is 3.44. The summed E-state index contributed by atoms with van der Waals surface area (Å²) in [5, 5.41) is 12.5. The number of carbonyl (C=O) groups is 1. The molecular formula is C23H22F2N4O3. The van der Waals surface area contributed by atoms with Gasteiger partial charge in [0.05, 0.1) is 5.56 Å². The maximum atomic E-state index is 14.8. The Kier molecular flexibility index (Phi) is 5.80. The van der Waals surface area contributed by atoms with Crippen molar-refractivity contribution >= 4 is 16.9 Å². The summed E-state index contributed by atoms with van der Waals surface area (Å²) >= 11 is 0. The number of nitrogens with zero attached hydrogens (tertiary/aromatic N) is 3. The number of aryl methyl sites for hydroxylation is 1. The van der Waals surface area contributed by atoms with Crippen molar-refractivity contribution in [2.75, 3.05) is 20.1 Å². The molecule has 1 aliphatic heterocycles. The highest BCUT2D eigenvalue weighted by Crippen LogP contribution is 2.36. The fourth-order valence-corrected chi connectivity index (χ4v) is 3.89. The number of likely N-dealkylation sites (tertiary alicyclic amines) is 1. The largest absolute Gasteiger partial charge is 0.461 e. The van der Waals surface area contributed by atoms with Crippen LogP contribution in [0.15, 0.2) is 40.9 Å². The molecule has 3 aromatic rings. The normalized spacial score (nSPS) is 15.5. The van der Waals surface area contributed by atoms with Crippen LogP contribution in [0, 0.1) is 18.3 Å². The highest BCUT2D eigenvalue weighted by atomic mass is 19.3. The molecule has 0 unspecified atom stereocenters. The number of benzene rings is 1. The molecule has 1 amide bonds. The Bertz CT molecular complexity index is 1190. The first kappa shape index (κ1) is 21.7. The fourth-order valence-electron chi connectivity index (χ4n) is 3.89. The molecular weight excluding hydrogens is 418 g/mol. The molecule has 166 valence electrons. The number of alkyl halides is 2. The lowest BCUT2D eigenvalue weighted by Crippen LogP contribution is -2.43. The lowest BCUT2D eigenvalue weighted by atomic mass is 10.0. The molecule has 1 aromatic carbocycles. The van der Waals surface area contributed by atoms with Gasteiger partial charge in [0.1, 0.15) is 28.7 Å². The molecule has 4 rings (SSSR count). The Balaban J connectivity index is 1.61. The summed E-state index contributed by atoms with van der Waals surface area (Å²) < 4.78 is 40.2. The predicted octanol–water partition coefficient (Wildman–Crippen LogP) is 3.96. The number of amides is 1. The first-order chi connectivity index (χ1) is 15.3. The minimum Gasteiger partial charge on any atom is -0.461 e. The van der Waals surface area contributed by atoms with Gasteiger partial charge in [-0.3, -0.25) is 4.79 Å². The van der Waals surface area contributed by atoms with E-state index in [4.69, 9.17) is 14.4 Å². The summed E-state index contributed by atoms with van der Waals surface area (Å²) in [6.07, 6.45) is -0.857. The Morgan fingerprint density at radius 2 is 2.09 bits per heavy atom. The molecule has 1 N–H and O–H groups in total. The topological polar surface area (TPSA) is 91.4 Å². The number of piperidine rings is 1. The number of aromatic nitrogens is 1. The second-order valence-electron chi connectivity index (χ2n) is 7.87. The second kappa shape index (κ2) is 8.55. The van der Waals surface area contributed by atoms with Gasteiger partial charge in [-0.25, -0.2) is 4.98 Å². The van der Waals surface area contributed by atoms with E-state index in [2.05, 4.69) is 15.2 Å². The lowest BCUT2D eigenvalue weighted by molar-refractivity contribution is -0.185. The van der Waals surface area contributed by atoms with E-state index in [1.165, 1.54) is 30.5 Å². The van der Waals surface area contributed by atoms with Crippen molar-refractivity contribution in [2.24, 2.45) is 0 Å². The van der Waals surface area contributed by atoms with Gasteiger partial charge < -0.3 is 19.4 Å². The van der Waals surface area contributed by atoms with Crippen LogP contribution in [0.4, 0.5) is 8.78 Å². The summed E-state index contributed by atoms with van der Waals surface area (Å²) in [6, 6.07) is 8.25. The molecule has 0 spiro atoms. The minimum atomic E-state index is -3.79. The Morgan fingerprint density at radius 1 is 1.34 bits per heavy atom. The monoisotopic (exact) mass is 440 g/mol. The van der Waals surface area contributed by atoms with Crippen LogP contribution in [0.1, 0.15) is 40.2 Å². The number of rotatable bonds is 5. The van der Waals surface area contributed by atoms with Gasteiger partial charge >= 0.3 is 6.11 Å². The average Bonchev–Trinajstić information content (AvgIpc) is 3.10. The molecule has 32 heavy (non-hydrogen) atoms. The van der Waals surface area contributed by atoms with E-state index < -0.39 is 17.4 Å². The van der Waals surface area contributed by atoms with Crippen molar-refractivity contribution in [2.45, 2.75) is 31.9 Å². The number of pyridine rings is 1. The number of hydrogen-bond donors (Lipinski definition) is 1. The number of hydrogen-bond acceptors (Lipinski definition) is 6. The van der Waals surface area contributed by atoms with Crippen molar-refractivity contribution < 1.29 is 22.7 Å². The van der Waals surface area contributed by atoms with E-state index in [1.54, 1.807) is 13.0 Å². The van der Waals surface area contributed by atoms with Crippen LogP contribution in [-0.4, -0.2) is 42.0 Å². The molecule has 9 heteroatoms. The number of halogens is 2. The quantitative estimate of drug-likeness (QED) is 0.646. The van der Waals surface area contributed by atoms with E-state index in [0.717, 1.165) is 32.0 Å². The number of carbonyl (C=O) groups excluding carboxylic acids is 1. The number of nitrogens with one attached hydrogen (secondary N) is 1. The third kappa shape index (κ3) is 4.27. The third-order valence-corrected chi connectivity index (χ3v) is 5.59. The maximum Gasteiger partial charge on any atom is 0.429 e. The van der Waals surface area contributed by atoms with Crippen molar-refractivity contribution in [1.82, 2.24) is 15.2 Å². The lowest BCUT2D eigenvalue weighted by Gasteiger charge is -2.29. The average molecular weight is 440 g/mol. The molecule has 0 atom stereocenters. The van der Waals surface area contributed by atoms with Gasteiger partial charge in [-0.2, -0.15) is 14.0 Å². The standard InChI is InChI=1S/C23H22F2N4O3/c1-14-21(22(30)28-15-7-10-29(2)11-8-15)17-12-16(5-6-20(17)31-14)32-23(24,25)18-4-3-9-27-19(18)13-26/h3-6,9,12,15H,7-8,10-11H2,1-2H3,(H,28,30). The summed E-state index contributed by atoms with van der Waals surface area (Å²) in [4.78, 5) is 18.8. The van der Waals surface area contributed by atoms with Gasteiger partial charge in [0.2, 0.25) is 0 Å². The summed E-state index contributed by atoms with van der Waals surface area (Å²) in [7, 11) is 2.04. The van der Waals surface area contributed by atoms with Crippen LogP contribution in [0.2, 0.25) is 0 Å². The zero-order chi connectivity index (χ0) is 22.9. The van der Waals surface area contributed by atoms with Gasteiger partial charge in [-0.1, -0.05) is 0 Å². The zero-order valence-corrected chi connectivity index (χ0v) is 17.7. The molecule has 3 heterocycles. The van der Waals surface area contributed by atoms with Gasteiger partial charge in [-0.05, 0) is 70.2 Å². The van der Waals surface area contributed by atoms with Crippen LogP contribution >= 0.6 is 0 Å². The zero-order valence-electron chi connectivity index (χ0n) is 17.7. The molecule has 1 saturated heterocycles. The molecule has 1 aliphatic rings. The molecule has 0 saturated carbocycles. The van der Waals surface area contributed by atoms with Crippen molar-refractivity contribution in [3.8, 4) is 11.8 Å². The Hall–Kier alpha value is -3.51. The van der Waals surface area contributed by atoms with Crippen LogP contribution in [0.3, 0.4) is 0 Å². The highest BCUT2D eigenvalue weighted by Gasteiger charge is 2.38. The van der Waals surface area contributed by atoms with E-state index in [0.29, 0.717) is 22.3 Å². The van der Waals surface area contributed by atoms with Crippen LogP contribution in [0.25, 0.3) is 11.0 Å². The third-order valence-electron chi connectivity index (χ3n) is 5.59. The molecule has 2 aromatic heterocycles. The SMILES string of the molecule is Cc1oc2ccc(OC(F)(F)c3cccnc3C#N)cc2c1C(=O)NC1CCN(C)CC1. The predicted molar refractivity (Wildman–Crippen MR) is 112 cm³/mol. The number of fused-ring (bicyclic) bond motifs is 1. The Morgan fingerprint density at radius 3 is 2.81 bits per heavy atom. The fraction of sp³-hybridized carbons (Fsp3) is 0.348. The molecule has 1 fully saturated rings. The minimum absolute atomic E-state index is 0.0433. The number of ether oxygens (including phenoxy) is 1. The van der Waals surface area contributed by atoms with Crippen LogP contribution in [-0.2, 0) is 6.11 Å². The van der Waals surface area contributed by atoms with Crippen molar-refractivity contribution in [3.05, 3.63) is 59.1 Å². The molecule has 0 bridgehead atoms. The first-order valence-electron chi connectivity index (χ1n) is 10.2. The molecule has 0 aliphatic carbocycles. The number of furan rings is 1. The summed E-state index contributed by atoms with van der Waals surface area (Å²) in [5.74, 6) is -0.0727. The Labute approximate surface area is 183 Å². The summed E-state index contributed by atoms with van der Waals surface area (Å²) in [5.41, 5.74) is -0.361. The van der Waals surface area contributed by atoms with E-state index >= 15 is 0 Å². The molecule has 7 nitrogen and oxygen atoms in total. The molecule has 0 radical (unpaired) electrons. The van der Waals surface area contributed by atoms with Crippen LogP contribution in [0.5, 0.6) is 5.75 Å². The second-order valence-corrected chi connectivity index (χ2v) is 7.87. The van der Waals surface area contributed by atoms with Gasteiger partial charge in [0.15, 0.2) is 5.69 Å². The smallest absolute Gasteiger partial charge is 0.429 e. The highest BCUT2D eigenvalue weighted by molar-refractivity contribution is 6.07. The van der Waals surface area contributed by atoms with Gasteiger partial charge in [0, 0.05) is 17.6 Å². The number of nitriles is 1. The van der Waals surface area contributed by atoms with E-state index in [9.17, 15) is 13.6 Å². The van der Waals surface area contributed by atoms with Gasteiger partial charge in [-0.15, -0.1) is 0 Å². The van der Waals surface area contributed by atoms with Crippen molar-refractivity contribution in [1.29, 1.82) is 5.26 Å². The van der Waals surface area contributed by atoms with Gasteiger partial charge in [0.25, 0.3) is 5.91 Å². The van der Waals surface area contributed by atoms with E-state index in [-0.39, 0.29) is 17.7 Å². The maximum absolute atomic E-state index is 14.8.